The summed E-state index contributed by atoms with van der Waals surface area (Å²) in [5.74, 6) is 0. The van der Waals surface area contributed by atoms with Crippen LogP contribution < -0.4 is 31.3 Å². The molecule has 15 rings (SSSR count). The highest BCUT2D eigenvalue weighted by molar-refractivity contribution is 7.00. The lowest BCUT2D eigenvalue weighted by atomic mass is 9.35. The number of anilines is 8. The average molecular weight is 1110 g/mol. The van der Waals surface area contributed by atoms with Crippen LogP contribution in [0.15, 0.2) is 199 Å². The molecule has 0 saturated heterocycles. The van der Waals surface area contributed by atoms with Crippen LogP contribution in [0.1, 0.15) is 149 Å². The molecule has 2 aliphatic carbocycles. The number of fused-ring (bicyclic) bond motifs is 10. The third-order valence-corrected chi connectivity index (χ3v) is 21.4. The van der Waals surface area contributed by atoms with Crippen molar-refractivity contribution in [2.75, 3.05) is 14.7 Å². The lowest BCUT2D eigenvalue weighted by Crippen LogP contribution is -2.64. The number of furan rings is 1. The molecule has 2 atom stereocenters. The van der Waals surface area contributed by atoms with E-state index in [-0.39, 0.29) is 39.3 Å². The molecule has 3 aliphatic heterocycles. The zero-order chi connectivity index (χ0) is 58.7. The SMILES string of the molecule is CC(C)(C)c1ccc(N2c3cc(N(c4ccc(-c5ccccc5)cc4)c4ccc(-c5ccccc5)cc4)cc4c3B(c3cc(C(C)(C)C)cc5c3N4C3(C)CCCCC53C)c3oc4cc5c(cc4c32)C(C)(C)CCC5(C)C)c(-c2ccccc2)c1. The molecule has 0 amide bonds. The van der Waals surface area contributed by atoms with Crippen molar-refractivity contribution in [3.63, 3.8) is 0 Å². The van der Waals surface area contributed by atoms with Crippen LogP contribution in [-0.2, 0) is 27.1 Å². The summed E-state index contributed by atoms with van der Waals surface area (Å²) in [6.45, 7) is 29.1. The molecule has 85 heavy (non-hydrogen) atoms. The van der Waals surface area contributed by atoms with Gasteiger partial charge >= 0.3 is 0 Å². The van der Waals surface area contributed by atoms with Gasteiger partial charge in [0.2, 0.25) is 0 Å². The molecule has 5 aliphatic rings. The summed E-state index contributed by atoms with van der Waals surface area (Å²) in [5, 5.41) is 1.18. The van der Waals surface area contributed by atoms with Crippen LogP contribution in [0.3, 0.4) is 0 Å². The molecule has 1 saturated carbocycles. The Bertz CT molecular complexity index is 4210. The van der Waals surface area contributed by atoms with Crippen LogP contribution in [0.4, 0.5) is 45.5 Å². The van der Waals surface area contributed by atoms with Crippen molar-refractivity contribution in [1.82, 2.24) is 0 Å². The second-order valence-electron chi connectivity index (χ2n) is 29.5. The highest BCUT2D eigenvalue weighted by Crippen LogP contribution is 2.63. The van der Waals surface area contributed by atoms with Crippen molar-refractivity contribution in [2.45, 2.75) is 154 Å². The highest BCUT2D eigenvalue weighted by atomic mass is 16.3. The lowest BCUT2D eigenvalue weighted by molar-refractivity contribution is 0.195. The van der Waals surface area contributed by atoms with E-state index in [0.29, 0.717) is 0 Å². The van der Waals surface area contributed by atoms with Gasteiger partial charge in [0.25, 0.3) is 6.71 Å². The molecule has 10 aromatic rings. The Morgan fingerprint density at radius 2 is 0.976 bits per heavy atom. The third-order valence-electron chi connectivity index (χ3n) is 21.4. The van der Waals surface area contributed by atoms with Crippen LogP contribution >= 0.6 is 0 Å². The van der Waals surface area contributed by atoms with Crippen LogP contribution in [0.25, 0.3) is 44.3 Å². The minimum absolute atomic E-state index is 0.00321. The second kappa shape index (κ2) is 18.7. The van der Waals surface area contributed by atoms with Crippen molar-refractivity contribution in [2.24, 2.45) is 0 Å². The first-order valence-electron chi connectivity index (χ1n) is 31.5. The van der Waals surface area contributed by atoms with Crippen molar-refractivity contribution < 1.29 is 4.42 Å². The Kier molecular flexibility index (Phi) is 11.8. The van der Waals surface area contributed by atoms with Gasteiger partial charge in [0, 0.05) is 44.8 Å². The van der Waals surface area contributed by atoms with Crippen LogP contribution in [0.2, 0.25) is 0 Å². The summed E-state index contributed by atoms with van der Waals surface area (Å²) in [6.07, 6.45) is 6.90. The molecule has 0 bridgehead atoms. The molecule has 0 N–H and O–H groups in total. The zero-order valence-electron chi connectivity index (χ0n) is 52.0. The van der Waals surface area contributed by atoms with E-state index in [4.69, 9.17) is 4.42 Å². The number of rotatable bonds is 7. The van der Waals surface area contributed by atoms with Gasteiger partial charge in [0.05, 0.1) is 28.3 Å². The first-order chi connectivity index (χ1) is 40.6. The fraction of sp³-hybridized carbons (Fsp3) is 0.300. The number of hydrogen-bond donors (Lipinski definition) is 0. The summed E-state index contributed by atoms with van der Waals surface area (Å²) in [5.41, 5.74) is 27.9. The fourth-order valence-corrected chi connectivity index (χ4v) is 16.0. The quantitative estimate of drug-likeness (QED) is 0.148. The normalized spacial score (nSPS) is 19.7. The molecule has 5 heteroatoms. The topological polar surface area (TPSA) is 22.9 Å². The minimum atomic E-state index is -0.214. The molecule has 1 fully saturated rings. The maximum atomic E-state index is 7.93. The molecule has 1 aromatic heterocycles. The van der Waals surface area contributed by atoms with E-state index in [1.807, 2.05) is 0 Å². The van der Waals surface area contributed by atoms with Gasteiger partial charge in [-0.15, -0.1) is 0 Å². The van der Waals surface area contributed by atoms with Gasteiger partial charge in [0.15, 0.2) is 0 Å². The first-order valence-corrected chi connectivity index (χ1v) is 31.5. The molecule has 4 heterocycles. The van der Waals surface area contributed by atoms with Gasteiger partial charge < -0.3 is 19.1 Å². The number of hydrogen-bond acceptors (Lipinski definition) is 4. The average Bonchev–Trinajstić information content (AvgIpc) is 1.81. The Labute approximate surface area is 505 Å². The molecule has 424 valence electrons. The molecule has 0 spiro atoms. The predicted octanol–water partition coefficient (Wildman–Crippen LogP) is 20.2. The summed E-state index contributed by atoms with van der Waals surface area (Å²) in [4.78, 5) is 8.12. The zero-order valence-corrected chi connectivity index (χ0v) is 52.0. The van der Waals surface area contributed by atoms with E-state index in [2.05, 4.69) is 292 Å². The van der Waals surface area contributed by atoms with Crippen LogP contribution in [0.5, 0.6) is 0 Å². The minimum Gasteiger partial charge on any atom is -0.468 e. The maximum absolute atomic E-state index is 7.93. The largest absolute Gasteiger partial charge is 0.468 e. The van der Waals surface area contributed by atoms with E-state index >= 15 is 0 Å². The first kappa shape index (κ1) is 53.7. The summed E-state index contributed by atoms with van der Waals surface area (Å²) < 4.78 is 7.93. The Balaban J connectivity index is 1.10. The summed E-state index contributed by atoms with van der Waals surface area (Å²) >= 11 is 0. The van der Waals surface area contributed by atoms with Crippen molar-refractivity contribution in [3.8, 4) is 33.4 Å². The molecule has 9 aromatic carbocycles. The smallest absolute Gasteiger partial charge is 0.297 e. The number of benzene rings is 9. The maximum Gasteiger partial charge on any atom is 0.297 e. The molecule has 2 unspecified atom stereocenters. The van der Waals surface area contributed by atoms with Gasteiger partial charge in [-0.2, -0.15) is 0 Å². The standard InChI is InChI=1S/C80H80BN3O/c1-75(2,3)56-34-39-67(61(44-56)55-28-20-15-21-29-55)83-68-47-60(82(58-35-30-53(31-36-58)51-24-16-13-17-25-51)59-37-32-54(33-38-59)52-26-18-14-19-27-52)48-69-71(68)81(74-72(83)62-49-63-64(50-70(62)85-74)78(9,10)43-42-77(63,7)8)66-46-57(76(4,5)6)45-65-73(66)84(69)80(12)41-23-22-40-79(65,80)11/h13-21,24-39,44-50H,22-23,40-43H2,1-12H3. The van der Waals surface area contributed by atoms with Crippen LogP contribution in [0, 0.1) is 0 Å². The van der Waals surface area contributed by atoms with E-state index in [1.54, 1.807) is 0 Å². The van der Waals surface area contributed by atoms with E-state index in [0.717, 1.165) is 65.4 Å². The second-order valence-corrected chi connectivity index (χ2v) is 29.5. The van der Waals surface area contributed by atoms with E-state index in [1.165, 1.54) is 107 Å². The predicted molar refractivity (Wildman–Crippen MR) is 362 cm³/mol. The molecular formula is C80H80BN3O. The molecule has 0 radical (unpaired) electrons. The highest BCUT2D eigenvalue weighted by Gasteiger charge is 2.62. The Morgan fingerprint density at radius 1 is 0.447 bits per heavy atom. The van der Waals surface area contributed by atoms with Crippen LogP contribution in [-0.4, -0.2) is 12.3 Å². The van der Waals surface area contributed by atoms with E-state index in [9.17, 15) is 0 Å². The summed E-state index contributed by atoms with van der Waals surface area (Å²) in [7, 11) is 0. The lowest BCUT2D eigenvalue weighted by Gasteiger charge is -2.52. The van der Waals surface area contributed by atoms with Gasteiger partial charge in [0.1, 0.15) is 5.58 Å². The molecule has 4 nitrogen and oxygen atoms in total. The van der Waals surface area contributed by atoms with Gasteiger partial charge in [-0.3, -0.25) is 0 Å². The van der Waals surface area contributed by atoms with Gasteiger partial charge in [-0.1, -0.05) is 222 Å². The van der Waals surface area contributed by atoms with Gasteiger partial charge in [-0.05, 0) is 181 Å². The van der Waals surface area contributed by atoms with Crippen molar-refractivity contribution >= 4 is 79.8 Å². The Hall–Kier alpha value is -8.02. The number of nitrogens with zero attached hydrogens (tertiary/aromatic N) is 3. The third kappa shape index (κ3) is 8.14. The molecular weight excluding hydrogens is 1030 g/mol. The monoisotopic (exact) mass is 1110 g/mol. The van der Waals surface area contributed by atoms with Crippen molar-refractivity contribution in [1.29, 1.82) is 0 Å². The summed E-state index contributed by atoms with van der Waals surface area (Å²) in [6, 6.07) is 74.1. The Morgan fingerprint density at radius 3 is 1.55 bits per heavy atom. The fourth-order valence-electron chi connectivity index (χ4n) is 16.0. The van der Waals surface area contributed by atoms with E-state index < -0.39 is 0 Å². The van der Waals surface area contributed by atoms with Gasteiger partial charge in [-0.25, -0.2) is 0 Å². The van der Waals surface area contributed by atoms with Crippen molar-refractivity contribution in [3.05, 3.63) is 222 Å².